The molecule has 9 heteroatoms. The van der Waals surface area contributed by atoms with Crippen molar-refractivity contribution in [3.63, 3.8) is 0 Å². The molecule has 1 saturated heterocycles. The van der Waals surface area contributed by atoms with Gasteiger partial charge in [-0.05, 0) is 61.3 Å². The number of aromatic nitrogens is 3. The summed E-state index contributed by atoms with van der Waals surface area (Å²) in [6, 6.07) is 1.31. The molecule has 9 nitrogen and oxygen atoms in total. The van der Waals surface area contributed by atoms with Crippen molar-refractivity contribution in [2.75, 3.05) is 25.5 Å². The molecule has 1 amide bonds. The fourth-order valence-electron chi connectivity index (χ4n) is 3.95. The van der Waals surface area contributed by atoms with Crippen molar-refractivity contribution in [1.82, 2.24) is 19.5 Å². The molecule has 0 aromatic carbocycles. The molecule has 3 heterocycles. The summed E-state index contributed by atoms with van der Waals surface area (Å²) in [7, 11) is 3.92. The lowest BCUT2D eigenvalue weighted by Crippen LogP contribution is -2.53. The van der Waals surface area contributed by atoms with E-state index in [0.717, 1.165) is 22.7 Å². The average Bonchev–Trinajstić information content (AvgIpc) is 3.05. The number of aryl methyl sites for hydroxylation is 1. The molecule has 1 fully saturated rings. The summed E-state index contributed by atoms with van der Waals surface area (Å²) in [5.74, 6) is 0.450. The number of fused-ring (bicyclic) bond motifs is 1. The van der Waals surface area contributed by atoms with Gasteiger partial charge in [-0.2, -0.15) is 9.61 Å². The zero-order valence-corrected chi connectivity index (χ0v) is 21.3. The summed E-state index contributed by atoms with van der Waals surface area (Å²) in [6.07, 6.45) is 2.46. The van der Waals surface area contributed by atoms with Crippen molar-refractivity contribution >= 4 is 23.5 Å². The van der Waals surface area contributed by atoms with Crippen LogP contribution in [0.25, 0.3) is 5.65 Å². The highest BCUT2D eigenvalue weighted by Crippen LogP contribution is 2.33. The molecule has 0 N–H and O–H groups in total. The zero-order valence-electron chi connectivity index (χ0n) is 21.3. The highest BCUT2D eigenvalue weighted by atomic mass is 16.6. The van der Waals surface area contributed by atoms with Crippen molar-refractivity contribution < 1.29 is 19.1 Å². The van der Waals surface area contributed by atoms with E-state index in [1.807, 2.05) is 78.0 Å². The summed E-state index contributed by atoms with van der Waals surface area (Å²) in [6.45, 7) is 13.2. The van der Waals surface area contributed by atoms with Gasteiger partial charge in [-0.15, -0.1) is 0 Å². The Morgan fingerprint density at radius 1 is 1.06 bits per heavy atom. The van der Waals surface area contributed by atoms with Crippen LogP contribution in [0.4, 0.5) is 10.6 Å². The van der Waals surface area contributed by atoms with Crippen LogP contribution in [0.1, 0.15) is 71.6 Å². The predicted molar refractivity (Wildman–Crippen MR) is 127 cm³/mol. The minimum atomic E-state index is -0.691. The minimum Gasteiger partial charge on any atom is -0.458 e. The van der Waals surface area contributed by atoms with E-state index in [-0.39, 0.29) is 5.92 Å². The van der Waals surface area contributed by atoms with Crippen LogP contribution < -0.4 is 4.90 Å². The number of carbonyl (C=O) groups excluding carboxylic acids is 2. The standard InChI is InChI=1S/C24H37N5O4/c1-15-13-25-29-19(27(8)9)12-17(26-20(15)29)16-10-11-18(21(30)32-23(2,3)4)28(14-16)22(31)33-24(5,6)7/h12-13,16,18H,10-11,14H2,1-9H3. The number of carbonyl (C=O) groups is 2. The second kappa shape index (κ2) is 8.83. The quantitative estimate of drug-likeness (QED) is 0.643. The number of piperidine rings is 1. The maximum atomic E-state index is 13.1. The Bertz CT molecular complexity index is 1030. The molecule has 0 aliphatic carbocycles. The van der Waals surface area contributed by atoms with Gasteiger partial charge in [0.15, 0.2) is 5.65 Å². The molecule has 2 atom stereocenters. The summed E-state index contributed by atoms with van der Waals surface area (Å²) < 4.78 is 13.1. The van der Waals surface area contributed by atoms with Crippen LogP contribution in [-0.2, 0) is 14.3 Å². The second-order valence-electron chi connectivity index (χ2n) is 11.0. The van der Waals surface area contributed by atoms with Crippen molar-refractivity contribution in [3.05, 3.63) is 23.5 Å². The summed E-state index contributed by atoms with van der Waals surface area (Å²) in [5.41, 5.74) is 1.32. The first-order valence-electron chi connectivity index (χ1n) is 11.4. The number of likely N-dealkylation sites (tertiary alicyclic amines) is 1. The first kappa shape index (κ1) is 24.8. The van der Waals surface area contributed by atoms with E-state index >= 15 is 0 Å². The molecule has 0 bridgehead atoms. The van der Waals surface area contributed by atoms with Crippen molar-refractivity contribution in [3.8, 4) is 0 Å². The van der Waals surface area contributed by atoms with Gasteiger partial charge in [0.05, 0.1) is 11.9 Å². The third kappa shape index (κ3) is 5.75. The lowest BCUT2D eigenvalue weighted by Gasteiger charge is -2.39. The smallest absolute Gasteiger partial charge is 0.411 e. The normalized spacial score (nSPS) is 19.5. The lowest BCUT2D eigenvalue weighted by molar-refractivity contribution is -0.162. The van der Waals surface area contributed by atoms with Crippen LogP contribution in [0.5, 0.6) is 0 Å². The SMILES string of the molecule is Cc1cnn2c(N(C)C)cc(C3CCC(C(=O)OC(C)(C)C)N(C(=O)OC(C)(C)C)C3)nc12. The summed E-state index contributed by atoms with van der Waals surface area (Å²) >= 11 is 0. The molecule has 0 spiro atoms. The van der Waals surface area contributed by atoms with Gasteiger partial charge in [0.2, 0.25) is 0 Å². The largest absolute Gasteiger partial charge is 0.458 e. The van der Waals surface area contributed by atoms with Gasteiger partial charge in [0.25, 0.3) is 0 Å². The lowest BCUT2D eigenvalue weighted by atomic mass is 9.90. The van der Waals surface area contributed by atoms with E-state index < -0.39 is 29.3 Å². The Morgan fingerprint density at radius 2 is 1.70 bits per heavy atom. The number of anilines is 1. The Hall–Kier alpha value is -2.84. The fourth-order valence-corrected chi connectivity index (χ4v) is 3.95. The number of amides is 1. The van der Waals surface area contributed by atoms with Crippen LogP contribution >= 0.6 is 0 Å². The molecule has 2 unspecified atom stereocenters. The van der Waals surface area contributed by atoms with Gasteiger partial charge >= 0.3 is 12.1 Å². The number of rotatable bonds is 3. The number of nitrogens with zero attached hydrogens (tertiary/aromatic N) is 5. The van der Waals surface area contributed by atoms with Gasteiger partial charge in [-0.25, -0.2) is 14.6 Å². The maximum absolute atomic E-state index is 13.1. The van der Waals surface area contributed by atoms with Gasteiger partial charge < -0.3 is 14.4 Å². The summed E-state index contributed by atoms with van der Waals surface area (Å²) in [5, 5.41) is 4.45. The third-order valence-corrected chi connectivity index (χ3v) is 5.41. The van der Waals surface area contributed by atoms with Gasteiger partial charge in [0, 0.05) is 38.2 Å². The van der Waals surface area contributed by atoms with E-state index in [1.165, 1.54) is 4.90 Å². The van der Waals surface area contributed by atoms with Crippen molar-refractivity contribution in [2.24, 2.45) is 0 Å². The average molecular weight is 460 g/mol. The topological polar surface area (TPSA) is 89.3 Å². The van der Waals surface area contributed by atoms with E-state index in [2.05, 4.69) is 5.10 Å². The van der Waals surface area contributed by atoms with E-state index in [9.17, 15) is 9.59 Å². The van der Waals surface area contributed by atoms with Crippen LogP contribution in [0.3, 0.4) is 0 Å². The van der Waals surface area contributed by atoms with E-state index in [4.69, 9.17) is 14.5 Å². The molecular weight excluding hydrogens is 422 g/mol. The Balaban J connectivity index is 1.96. The highest BCUT2D eigenvalue weighted by Gasteiger charge is 2.41. The monoisotopic (exact) mass is 459 g/mol. The van der Waals surface area contributed by atoms with E-state index in [1.54, 1.807) is 6.20 Å². The van der Waals surface area contributed by atoms with Gasteiger partial charge in [0.1, 0.15) is 23.1 Å². The molecule has 1 aliphatic rings. The van der Waals surface area contributed by atoms with Crippen LogP contribution in [0.2, 0.25) is 0 Å². The Labute approximate surface area is 196 Å². The number of ether oxygens (including phenoxy) is 2. The zero-order chi connectivity index (χ0) is 24.7. The molecule has 1 aliphatic heterocycles. The fraction of sp³-hybridized carbons (Fsp3) is 0.667. The number of hydrogen-bond acceptors (Lipinski definition) is 7. The van der Waals surface area contributed by atoms with Crippen molar-refractivity contribution in [1.29, 1.82) is 0 Å². The minimum absolute atomic E-state index is 0.0470. The molecular formula is C24H37N5O4. The first-order valence-corrected chi connectivity index (χ1v) is 11.4. The Morgan fingerprint density at radius 3 is 2.27 bits per heavy atom. The van der Waals surface area contributed by atoms with Crippen molar-refractivity contribution in [2.45, 2.75) is 84.5 Å². The maximum Gasteiger partial charge on any atom is 0.411 e. The molecule has 2 aromatic heterocycles. The number of hydrogen-bond donors (Lipinski definition) is 0. The highest BCUT2D eigenvalue weighted by molar-refractivity contribution is 5.82. The third-order valence-electron chi connectivity index (χ3n) is 5.41. The van der Waals surface area contributed by atoms with Gasteiger partial charge in [-0.3, -0.25) is 4.90 Å². The molecule has 2 aromatic rings. The Kier molecular flexibility index (Phi) is 6.64. The van der Waals surface area contributed by atoms with E-state index in [0.29, 0.717) is 19.4 Å². The molecule has 33 heavy (non-hydrogen) atoms. The molecule has 0 radical (unpaired) electrons. The molecule has 0 saturated carbocycles. The predicted octanol–water partition coefficient (Wildman–Crippen LogP) is 3.93. The summed E-state index contributed by atoms with van der Waals surface area (Å²) in [4.78, 5) is 34.5. The van der Waals surface area contributed by atoms with Crippen LogP contribution in [0, 0.1) is 6.92 Å². The van der Waals surface area contributed by atoms with Crippen LogP contribution in [0.15, 0.2) is 12.3 Å². The molecule has 182 valence electrons. The second-order valence-corrected chi connectivity index (χ2v) is 11.0. The number of esters is 1. The first-order chi connectivity index (χ1) is 15.2. The molecule has 3 rings (SSSR count). The van der Waals surface area contributed by atoms with Crippen LogP contribution in [-0.4, -0.2) is 69.4 Å². The van der Waals surface area contributed by atoms with Gasteiger partial charge in [-0.1, -0.05) is 0 Å².